The molecule has 0 heterocycles. The van der Waals surface area contributed by atoms with Gasteiger partial charge in [0.25, 0.3) is 0 Å². The summed E-state index contributed by atoms with van der Waals surface area (Å²) >= 11 is 6.07. The molecule has 2 aromatic carbocycles. The van der Waals surface area contributed by atoms with Crippen LogP contribution < -0.4 is 10.5 Å². The highest BCUT2D eigenvalue weighted by atomic mass is 35.5. The average Bonchev–Trinajstić information content (AvgIpc) is 2.40. The Morgan fingerprint density at radius 1 is 1.26 bits per heavy atom. The molecule has 1 aliphatic rings. The zero-order chi connectivity index (χ0) is 13.4. The van der Waals surface area contributed by atoms with Gasteiger partial charge in [-0.2, -0.15) is 0 Å². The predicted molar refractivity (Wildman–Crippen MR) is 77.8 cm³/mol. The third-order valence-electron chi connectivity index (χ3n) is 3.88. The Balaban J connectivity index is 1.94. The fourth-order valence-electron chi connectivity index (χ4n) is 2.80. The van der Waals surface area contributed by atoms with Crippen LogP contribution >= 0.6 is 11.6 Å². The van der Waals surface area contributed by atoms with E-state index >= 15 is 0 Å². The van der Waals surface area contributed by atoms with Gasteiger partial charge in [-0.15, -0.1) is 0 Å². The van der Waals surface area contributed by atoms with Crippen molar-refractivity contribution >= 4 is 11.6 Å². The molecule has 0 spiro atoms. The fourth-order valence-corrected chi connectivity index (χ4v) is 2.98. The molecule has 2 atom stereocenters. The van der Waals surface area contributed by atoms with Crippen molar-refractivity contribution in [2.45, 2.75) is 18.4 Å². The molecular weight excluding hydrogens is 258 g/mol. The molecule has 2 unspecified atom stereocenters. The molecule has 19 heavy (non-hydrogen) atoms. The first-order valence-electron chi connectivity index (χ1n) is 6.37. The predicted octanol–water partition coefficient (Wildman–Crippen LogP) is 3.69. The lowest BCUT2D eigenvalue weighted by Gasteiger charge is -2.35. The van der Waals surface area contributed by atoms with Crippen molar-refractivity contribution in [1.29, 1.82) is 0 Å². The van der Waals surface area contributed by atoms with E-state index in [2.05, 4.69) is 24.3 Å². The highest BCUT2D eigenvalue weighted by Crippen LogP contribution is 2.44. The van der Waals surface area contributed by atoms with Crippen LogP contribution in [0.15, 0.2) is 42.5 Å². The summed E-state index contributed by atoms with van der Waals surface area (Å²) in [6.07, 6.45) is 1.02. The van der Waals surface area contributed by atoms with Gasteiger partial charge < -0.3 is 10.5 Å². The number of ether oxygens (including phenoxy) is 1. The summed E-state index contributed by atoms with van der Waals surface area (Å²) in [7, 11) is 1.66. The summed E-state index contributed by atoms with van der Waals surface area (Å²) < 4.78 is 5.39. The van der Waals surface area contributed by atoms with Crippen molar-refractivity contribution in [2.24, 2.45) is 5.73 Å². The van der Waals surface area contributed by atoms with E-state index in [1.165, 1.54) is 11.1 Å². The van der Waals surface area contributed by atoms with E-state index in [-0.39, 0.29) is 6.04 Å². The van der Waals surface area contributed by atoms with Crippen molar-refractivity contribution < 1.29 is 4.74 Å². The number of fused-ring (bicyclic) bond motifs is 1. The molecule has 3 heteroatoms. The SMILES string of the molecule is COc1ccc(Cl)cc1C(N)C1Cc2ccccc21. The quantitative estimate of drug-likeness (QED) is 0.926. The highest BCUT2D eigenvalue weighted by molar-refractivity contribution is 6.30. The average molecular weight is 274 g/mol. The lowest BCUT2D eigenvalue weighted by Crippen LogP contribution is -2.29. The Morgan fingerprint density at radius 2 is 2.05 bits per heavy atom. The third-order valence-corrected chi connectivity index (χ3v) is 4.11. The normalized spacial score (nSPS) is 18.4. The molecule has 0 saturated heterocycles. The minimum Gasteiger partial charge on any atom is -0.496 e. The van der Waals surface area contributed by atoms with Gasteiger partial charge in [0.2, 0.25) is 0 Å². The number of hydrogen-bond donors (Lipinski definition) is 1. The molecule has 2 N–H and O–H groups in total. The summed E-state index contributed by atoms with van der Waals surface area (Å²) in [5.41, 5.74) is 10.1. The molecule has 0 fully saturated rings. The summed E-state index contributed by atoms with van der Waals surface area (Å²) in [4.78, 5) is 0. The standard InChI is InChI=1S/C16H16ClNO/c1-19-15-7-6-11(17)9-14(15)16(18)13-8-10-4-2-3-5-12(10)13/h2-7,9,13,16H,8,18H2,1H3. The maximum Gasteiger partial charge on any atom is 0.123 e. The van der Waals surface area contributed by atoms with Gasteiger partial charge in [0, 0.05) is 22.5 Å². The van der Waals surface area contributed by atoms with Crippen molar-refractivity contribution in [3.8, 4) is 5.75 Å². The molecule has 2 nitrogen and oxygen atoms in total. The smallest absolute Gasteiger partial charge is 0.123 e. The number of rotatable bonds is 3. The molecular formula is C16H16ClNO. The molecule has 0 bridgehead atoms. The van der Waals surface area contributed by atoms with Crippen LogP contribution in [0.2, 0.25) is 5.02 Å². The Kier molecular flexibility index (Phi) is 3.21. The Bertz CT molecular complexity index is 611. The van der Waals surface area contributed by atoms with Gasteiger partial charge in [-0.1, -0.05) is 35.9 Å². The van der Waals surface area contributed by atoms with Crippen LogP contribution in [0.1, 0.15) is 28.7 Å². The van der Waals surface area contributed by atoms with E-state index in [0.29, 0.717) is 10.9 Å². The first-order valence-corrected chi connectivity index (χ1v) is 6.75. The Hall–Kier alpha value is -1.51. The Morgan fingerprint density at radius 3 is 2.79 bits per heavy atom. The van der Waals surface area contributed by atoms with Gasteiger partial charge in [0.1, 0.15) is 5.75 Å². The maximum absolute atomic E-state index is 6.42. The molecule has 1 aliphatic carbocycles. The van der Waals surface area contributed by atoms with Gasteiger partial charge in [-0.05, 0) is 35.7 Å². The van der Waals surface area contributed by atoms with E-state index in [1.807, 2.05) is 18.2 Å². The van der Waals surface area contributed by atoms with Gasteiger partial charge in [-0.25, -0.2) is 0 Å². The van der Waals surface area contributed by atoms with Gasteiger partial charge in [0.05, 0.1) is 7.11 Å². The van der Waals surface area contributed by atoms with Crippen LogP contribution in [0.5, 0.6) is 5.75 Å². The molecule has 0 aromatic heterocycles. The van der Waals surface area contributed by atoms with Crippen LogP contribution in [0, 0.1) is 0 Å². The van der Waals surface area contributed by atoms with E-state index in [0.717, 1.165) is 17.7 Å². The van der Waals surface area contributed by atoms with Crippen molar-refractivity contribution in [1.82, 2.24) is 0 Å². The molecule has 98 valence electrons. The van der Waals surface area contributed by atoms with Crippen LogP contribution in [-0.2, 0) is 6.42 Å². The molecule has 3 rings (SSSR count). The minimum atomic E-state index is -0.0800. The molecule has 2 aromatic rings. The zero-order valence-corrected chi connectivity index (χ0v) is 11.5. The number of halogens is 1. The summed E-state index contributed by atoms with van der Waals surface area (Å²) in [5, 5.41) is 0.693. The fraction of sp³-hybridized carbons (Fsp3) is 0.250. The van der Waals surface area contributed by atoms with E-state index in [4.69, 9.17) is 22.1 Å². The number of nitrogens with two attached hydrogens (primary N) is 1. The topological polar surface area (TPSA) is 35.2 Å². The van der Waals surface area contributed by atoms with E-state index < -0.39 is 0 Å². The number of methoxy groups -OCH3 is 1. The Labute approximate surface area is 118 Å². The molecule has 0 radical (unpaired) electrons. The lowest BCUT2D eigenvalue weighted by atomic mass is 9.72. The van der Waals surface area contributed by atoms with Gasteiger partial charge in [-0.3, -0.25) is 0 Å². The second-order valence-corrected chi connectivity index (χ2v) is 5.36. The van der Waals surface area contributed by atoms with Gasteiger partial charge >= 0.3 is 0 Å². The van der Waals surface area contributed by atoms with Crippen LogP contribution in [0.3, 0.4) is 0 Å². The molecule has 0 saturated carbocycles. The monoisotopic (exact) mass is 273 g/mol. The third kappa shape index (κ3) is 2.11. The van der Waals surface area contributed by atoms with Gasteiger partial charge in [0.15, 0.2) is 0 Å². The van der Waals surface area contributed by atoms with E-state index in [1.54, 1.807) is 7.11 Å². The minimum absolute atomic E-state index is 0.0800. The van der Waals surface area contributed by atoms with E-state index in [9.17, 15) is 0 Å². The summed E-state index contributed by atoms with van der Waals surface area (Å²) in [6.45, 7) is 0. The number of hydrogen-bond acceptors (Lipinski definition) is 2. The highest BCUT2D eigenvalue weighted by Gasteiger charge is 2.32. The van der Waals surface area contributed by atoms with Crippen LogP contribution in [0.25, 0.3) is 0 Å². The largest absolute Gasteiger partial charge is 0.496 e. The lowest BCUT2D eigenvalue weighted by molar-refractivity contribution is 0.396. The van der Waals surface area contributed by atoms with Crippen molar-refractivity contribution in [3.05, 3.63) is 64.2 Å². The second kappa shape index (κ2) is 4.87. The number of benzene rings is 2. The van der Waals surface area contributed by atoms with Crippen LogP contribution in [0.4, 0.5) is 0 Å². The first-order chi connectivity index (χ1) is 9.20. The molecule has 0 amide bonds. The van der Waals surface area contributed by atoms with Crippen molar-refractivity contribution in [2.75, 3.05) is 7.11 Å². The summed E-state index contributed by atoms with van der Waals surface area (Å²) in [5.74, 6) is 1.16. The molecule has 0 aliphatic heterocycles. The summed E-state index contributed by atoms with van der Waals surface area (Å²) in [6, 6.07) is 14.0. The van der Waals surface area contributed by atoms with Crippen LogP contribution in [-0.4, -0.2) is 7.11 Å². The zero-order valence-electron chi connectivity index (χ0n) is 10.8. The van der Waals surface area contributed by atoms with Crippen molar-refractivity contribution in [3.63, 3.8) is 0 Å². The maximum atomic E-state index is 6.42. The first kappa shape index (κ1) is 12.5. The second-order valence-electron chi connectivity index (χ2n) is 4.92.